The topological polar surface area (TPSA) is 79.4 Å². The second kappa shape index (κ2) is 9.45. The van der Waals surface area contributed by atoms with Crippen LogP contribution in [-0.4, -0.2) is 48.5 Å². The molecule has 2 rings (SSSR count). The van der Waals surface area contributed by atoms with E-state index < -0.39 is 25.5 Å². The summed E-state index contributed by atoms with van der Waals surface area (Å²) in [5, 5.41) is 15.0. The van der Waals surface area contributed by atoms with Crippen molar-refractivity contribution in [2.75, 3.05) is 13.2 Å². The summed E-state index contributed by atoms with van der Waals surface area (Å²) in [7, 11) is -1.76. The Hall–Kier alpha value is -1.32. The molecular formula is C19H34FN3O4Si. The highest BCUT2D eigenvalue weighted by Gasteiger charge is 2.37. The maximum Gasteiger partial charge on any atom is 0.306 e. The number of aromatic nitrogens is 2. The van der Waals surface area contributed by atoms with Crippen LogP contribution >= 0.6 is 0 Å². The molecule has 1 aromatic heterocycles. The van der Waals surface area contributed by atoms with Gasteiger partial charge in [-0.05, 0) is 49.7 Å². The number of hydrogen-bond donors (Lipinski definition) is 0. The smallest absolute Gasteiger partial charge is 0.306 e. The van der Waals surface area contributed by atoms with Crippen LogP contribution in [-0.2, 0) is 15.7 Å². The van der Waals surface area contributed by atoms with Gasteiger partial charge in [0.25, 0.3) is 0 Å². The highest BCUT2D eigenvalue weighted by Crippen LogP contribution is 2.36. The molecule has 1 aromatic rings. The minimum atomic E-state index is -1.76. The fourth-order valence-electron chi connectivity index (χ4n) is 3.16. The Bertz CT molecular complexity index is 647. The first-order valence-corrected chi connectivity index (χ1v) is 13.0. The Morgan fingerprint density at radius 2 is 2.07 bits per heavy atom. The van der Waals surface area contributed by atoms with Crippen molar-refractivity contribution < 1.29 is 18.5 Å². The van der Waals surface area contributed by atoms with Crippen molar-refractivity contribution in [2.24, 2.45) is 5.92 Å². The third-order valence-electron chi connectivity index (χ3n) is 5.99. The van der Waals surface area contributed by atoms with Gasteiger partial charge in [-0.1, -0.05) is 20.8 Å². The van der Waals surface area contributed by atoms with Crippen LogP contribution in [0.3, 0.4) is 0 Å². The van der Waals surface area contributed by atoms with Gasteiger partial charge in [-0.3, -0.25) is 14.8 Å². The molecule has 28 heavy (non-hydrogen) atoms. The third kappa shape index (κ3) is 6.35. The second-order valence-corrected chi connectivity index (χ2v) is 14.1. The number of hydrogen-bond acceptors (Lipinski definition) is 5. The van der Waals surface area contributed by atoms with E-state index in [2.05, 4.69) is 39.0 Å². The van der Waals surface area contributed by atoms with E-state index in [1.54, 1.807) is 4.68 Å². The van der Waals surface area contributed by atoms with Gasteiger partial charge in [-0.25, -0.2) is 4.39 Å². The summed E-state index contributed by atoms with van der Waals surface area (Å²) < 4.78 is 27.8. The predicted molar refractivity (Wildman–Crippen MR) is 109 cm³/mol. The highest BCUT2D eigenvalue weighted by atomic mass is 28.4. The molecule has 0 aromatic carbocycles. The zero-order chi connectivity index (χ0) is 20.9. The van der Waals surface area contributed by atoms with Gasteiger partial charge in [0.2, 0.25) is 0 Å². The minimum absolute atomic E-state index is 0.0197. The van der Waals surface area contributed by atoms with Gasteiger partial charge in [-0.2, -0.15) is 5.10 Å². The van der Waals surface area contributed by atoms with Gasteiger partial charge < -0.3 is 9.16 Å². The van der Waals surface area contributed by atoms with E-state index in [1.165, 1.54) is 12.4 Å². The summed E-state index contributed by atoms with van der Waals surface area (Å²) in [6.07, 6.45) is 3.86. The van der Waals surface area contributed by atoms with Crippen molar-refractivity contribution in [1.82, 2.24) is 9.78 Å². The SMILES string of the molecule is CC(C)(C)[Si](C)(C)OCCCO[C@@H]1C[C@H](Cn2cc([N+](=O)[O-])cn2)CC[C@H]1F. The number of rotatable bonds is 9. The Kier molecular flexibility index (Phi) is 7.75. The zero-order valence-corrected chi connectivity index (χ0v) is 18.7. The van der Waals surface area contributed by atoms with Crippen LogP contribution in [0.4, 0.5) is 10.1 Å². The molecule has 0 bridgehead atoms. The number of halogens is 1. The fraction of sp³-hybridized carbons (Fsp3) is 0.842. The molecule has 0 saturated heterocycles. The molecule has 160 valence electrons. The standard InChI is InChI=1S/C19H34FN3O4Si/c1-19(2,3)28(4,5)27-10-6-9-26-18-11-15(7-8-17(18)20)13-22-14-16(12-21-22)23(24)25/h12,14-15,17-18H,6-11,13H2,1-5H3/t15-,17-,18-/m1/s1. The predicted octanol–water partition coefficient (Wildman–Crippen LogP) is 4.73. The Morgan fingerprint density at radius 3 is 2.68 bits per heavy atom. The Labute approximate surface area is 167 Å². The van der Waals surface area contributed by atoms with Crippen LogP contribution in [0.15, 0.2) is 12.4 Å². The van der Waals surface area contributed by atoms with Crippen molar-refractivity contribution in [3.05, 3.63) is 22.5 Å². The molecule has 7 nitrogen and oxygen atoms in total. The van der Waals surface area contributed by atoms with Crippen LogP contribution in [0.25, 0.3) is 0 Å². The molecule has 1 heterocycles. The van der Waals surface area contributed by atoms with Crippen molar-refractivity contribution >= 4 is 14.0 Å². The van der Waals surface area contributed by atoms with E-state index in [-0.39, 0.29) is 16.6 Å². The zero-order valence-electron chi connectivity index (χ0n) is 17.7. The fourth-order valence-corrected chi connectivity index (χ4v) is 4.25. The molecule has 9 heteroatoms. The van der Waals surface area contributed by atoms with E-state index in [0.29, 0.717) is 32.6 Å². The molecule has 0 spiro atoms. The van der Waals surface area contributed by atoms with Crippen LogP contribution in [0.2, 0.25) is 18.1 Å². The summed E-state index contributed by atoms with van der Waals surface area (Å²) in [6.45, 7) is 12.7. The quantitative estimate of drug-likeness (QED) is 0.252. The summed E-state index contributed by atoms with van der Waals surface area (Å²) in [5.74, 6) is 0.208. The number of nitro groups is 1. The third-order valence-corrected chi connectivity index (χ3v) is 10.5. The van der Waals surface area contributed by atoms with Crippen LogP contribution < -0.4 is 0 Å². The molecule has 1 aliphatic carbocycles. The van der Waals surface area contributed by atoms with Crippen molar-refractivity contribution in [3.8, 4) is 0 Å². The lowest BCUT2D eigenvalue weighted by Crippen LogP contribution is -2.41. The first-order chi connectivity index (χ1) is 13.0. The first kappa shape index (κ1) is 23.0. The van der Waals surface area contributed by atoms with Crippen LogP contribution in [0, 0.1) is 16.0 Å². The number of nitrogens with zero attached hydrogens (tertiary/aromatic N) is 3. The lowest BCUT2D eigenvalue weighted by Gasteiger charge is -2.36. The monoisotopic (exact) mass is 415 g/mol. The largest absolute Gasteiger partial charge is 0.417 e. The second-order valence-electron chi connectivity index (χ2n) is 9.24. The average Bonchev–Trinajstić information content (AvgIpc) is 3.05. The molecule has 0 aliphatic heterocycles. The van der Waals surface area contributed by atoms with Crippen LogP contribution in [0.1, 0.15) is 46.5 Å². The summed E-state index contributed by atoms with van der Waals surface area (Å²) in [6, 6.07) is 0. The molecule has 1 fully saturated rings. The molecular weight excluding hydrogens is 381 g/mol. The van der Waals surface area contributed by atoms with Crippen molar-refractivity contribution in [3.63, 3.8) is 0 Å². The van der Waals surface area contributed by atoms with Gasteiger partial charge in [0, 0.05) is 19.8 Å². The van der Waals surface area contributed by atoms with E-state index in [9.17, 15) is 14.5 Å². The van der Waals surface area contributed by atoms with E-state index in [4.69, 9.17) is 9.16 Å². The molecule has 3 atom stereocenters. The normalized spacial score (nSPS) is 23.7. The van der Waals surface area contributed by atoms with Gasteiger partial charge in [-0.15, -0.1) is 0 Å². The molecule has 0 N–H and O–H groups in total. The van der Waals surface area contributed by atoms with E-state index in [1.807, 2.05) is 0 Å². The molecule has 1 aliphatic rings. The molecule has 0 amide bonds. The van der Waals surface area contributed by atoms with Gasteiger partial charge >= 0.3 is 5.69 Å². The molecule has 0 radical (unpaired) electrons. The van der Waals surface area contributed by atoms with Gasteiger partial charge in [0.05, 0.1) is 11.0 Å². The number of ether oxygens (including phenoxy) is 1. The first-order valence-electron chi connectivity index (χ1n) is 10.1. The van der Waals surface area contributed by atoms with E-state index >= 15 is 0 Å². The highest BCUT2D eigenvalue weighted by molar-refractivity contribution is 6.74. The van der Waals surface area contributed by atoms with Crippen molar-refractivity contribution in [1.29, 1.82) is 0 Å². The maximum absolute atomic E-state index is 14.3. The van der Waals surface area contributed by atoms with Crippen LogP contribution in [0.5, 0.6) is 0 Å². The molecule has 1 saturated carbocycles. The Morgan fingerprint density at radius 1 is 1.36 bits per heavy atom. The van der Waals surface area contributed by atoms with E-state index in [0.717, 1.165) is 12.8 Å². The Balaban J connectivity index is 1.74. The van der Waals surface area contributed by atoms with Crippen molar-refractivity contribution in [2.45, 2.75) is 83.4 Å². The average molecular weight is 416 g/mol. The molecule has 0 unspecified atom stereocenters. The minimum Gasteiger partial charge on any atom is -0.417 e. The lowest BCUT2D eigenvalue weighted by atomic mass is 9.86. The summed E-state index contributed by atoms with van der Waals surface area (Å²) in [5.41, 5.74) is -0.0197. The lowest BCUT2D eigenvalue weighted by molar-refractivity contribution is -0.385. The number of alkyl halides is 1. The summed E-state index contributed by atoms with van der Waals surface area (Å²) >= 11 is 0. The maximum atomic E-state index is 14.3. The van der Waals surface area contributed by atoms with Gasteiger partial charge in [0.1, 0.15) is 18.6 Å². The van der Waals surface area contributed by atoms with Gasteiger partial charge in [0.15, 0.2) is 8.32 Å². The summed E-state index contributed by atoms with van der Waals surface area (Å²) in [4.78, 5) is 10.3.